The van der Waals surface area contributed by atoms with Gasteiger partial charge in [-0.15, -0.1) is 5.10 Å². The summed E-state index contributed by atoms with van der Waals surface area (Å²) in [5.74, 6) is -1.21. The first kappa shape index (κ1) is 27.9. The summed E-state index contributed by atoms with van der Waals surface area (Å²) in [5.41, 5.74) is 2.18. The fourth-order valence-electron chi connectivity index (χ4n) is 5.34. The number of aliphatic hydroxyl groups is 2. The molecule has 0 radical (unpaired) electrons. The Morgan fingerprint density at radius 2 is 1.73 bits per heavy atom. The molecule has 3 atom stereocenters. The van der Waals surface area contributed by atoms with Crippen molar-refractivity contribution < 1.29 is 19.8 Å². The van der Waals surface area contributed by atoms with E-state index in [0.29, 0.717) is 41.3 Å². The van der Waals surface area contributed by atoms with E-state index < -0.39 is 17.4 Å². The van der Waals surface area contributed by atoms with Gasteiger partial charge in [0.15, 0.2) is 5.60 Å². The fourth-order valence-corrected chi connectivity index (χ4v) is 5.34. The van der Waals surface area contributed by atoms with Gasteiger partial charge in [-0.1, -0.05) is 72.8 Å². The highest BCUT2D eigenvalue weighted by molar-refractivity contribution is 6.07. The number of likely N-dealkylation sites (N-methyl/N-ethyl adjacent to an activating group) is 1. The van der Waals surface area contributed by atoms with E-state index in [2.05, 4.69) is 10.3 Å². The maximum Gasteiger partial charge on any atom is 0.264 e. The predicted octanol–water partition coefficient (Wildman–Crippen LogP) is 4.14. The molecule has 0 saturated carbocycles. The third-order valence-corrected chi connectivity index (χ3v) is 7.71. The molecule has 9 heteroatoms. The minimum absolute atomic E-state index is 0.0691. The van der Waals surface area contributed by atoms with Gasteiger partial charge in [-0.05, 0) is 42.3 Å². The van der Waals surface area contributed by atoms with Crippen LogP contribution in [0.4, 0.5) is 17.1 Å². The number of nitrogens with zero attached hydrogens (tertiary/aromatic N) is 5. The van der Waals surface area contributed by atoms with Gasteiger partial charge in [-0.2, -0.15) is 0 Å². The Bertz CT molecular complexity index is 1540. The van der Waals surface area contributed by atoms with Crippen LogP contribution in [0.2, 0.25) is 0 Å². The van der Waals surface area contributed by atoms with Crippen LogP contribution in [0.1, 0.15) is 36.1 Å². The lowest BCUT2D eigenvalue weighted by atomic mass is 9.82. The number of hydrogen-bond donors (Lipinski definition) is 2. The summed E-state index contributed by atoms with van der Waals surface area (Å²) >= 11 is 0. The number of anilines is 3. The Morgan fingerprint density at radius 3 is 2.41 bits per heavy atom. The molecule has 0 aliphatic carbocycles. The largest absolute Gasteiger partial charge is 0.395 e. The number of carbonyl (C=O) groups excluding carboxylic acids is 2. The number of para-hydroxylation sites is 1. The van der Waals surface area contributed by atoms with Gasteiger partial charge in [-0.25, -0.2) is 0 Å². The van der Waals surface area contributed by atoms with Crippen LogP contribution in [0.3, 0.4) is 0 Å². The van der Waals surface area contributed by atoms with Crippen molar-refractivity contribution in [3.8, 4) is 0 Å². The number of benzene rings is 3. The first-order chi connectivity index (χ1) is 19.9. The van der Waals surface area contributed by atoms with Gasteiger partial charge in [0.05, 0.1) is 23.9 Å². The average Bonchev–Trinajstić information content (AvgIpc) is 3.55. The number of allylic oxidation sites excluding steroid dienone is 1. The van der Waals surface area contributed by atoms with Crippen LogP contribution in [0.15, 0.2) is 97.2 Å². The zero-order chi connectivity index (χ0) is 29.0. The van der Waals surface area contributed by atoms with Crippen molar-refractivity contribution in [1.29, 1.82) is 0 Å². The Morgan fingerprint density at radius 1 is 1.02 bits per heavy atom. The van der Waals surface area contributed by atoms with E-state index >= 15 is 0 Å². The first-order valence-electron chi connectivity index (χ1n) is 13.6. The van der Waals surface area contributed by atoms with Crippen molar-refractivity contribution in [1.82, 2.24) is 15.0 Å². The fraction of sp³-hybridized carbons (Fsp3) is 0.250. The maximum absolute atomic E-state index is 13.3. The third-order valence-electron chi connectivity index (χ3n) is 7.71. The molecule has 1 aliphatic heterocycles. The number of hydrogen-bond acceptors (Lipinski definition) is 6. The van der Waals surface area contributed by atoms with E-state index in [9.17, 15) is 19.8 Å². The van der Waals surface area contributed by atoms with E-state index in [-0.39, 0.29) is 12.5 Å². The van der Waals surface area contributed by atoms with Crippen LogP contribution in [0, 0.1) is 5.92 Å². The summed E-state index contributed by atoms with van der Waals surface area (Å²) < 4.78 is 1.72. The molecule has 2 N–H and O–H groups in total. The molecule has 0 bridgehead atoms. The summed E-state index contributed by atoms with van der Waals surface area (Å²) in [6.07, 6.45) is 6.90. The van der Waals surface area contributed by atoms with Gasteiger partial charge in [0, 0.05) is 42.6 Å². The summed E-state index contributed by atoms with van der Waals surface area (Å²) in [4.78, 5) is 28.3. The van der Waals surface area contributed by atoms with Crippen LogP contribution in [-0.2, 0) is 21.7 Å². The second-order valence-electron chi connectivity index (χ2n) is 10.2. The summed E-state index contributed by atoms with van der Waals surface area (Å²) in [5, 5.41) is 30.2. The number of aryl methyl sites for hydroxylation is 1. The first-order valence-corrected chi connectivity index (χ1v) is 13.6. The number of aliphatic hydroxyl groups excluding tert-OH is 1. The number of carbonyl (C=O) groups is 2. The monoisotopic (exact) mass is 551 g/mol. The van der Waals surface area contributed by atoms with Gasteiger partial charge in [-0.3, -0.25) is 19.2 Å². The molecule has 9 nitrogen and oxygen atoms in total. The molecule has 2 heterocycles. The molecule has 3 aromatic carbocycles. The lowest BCUT2D eigenvalue weighted by Crippen LogP contribution is -2.43. The molecule has 210 valence electrons. The number of aromatic nitrogens is 3. The van der Waals surface area contributed by atoms with Crippen LogP contribution >= 0.6 is 0 Å². The highest BCUT2D eigenvalue weighted by Gasteiger charge is 2.51. The zero-order valence-corrected chi connectivity index (χ0v) is 23.0. The third kappa shape index (κ3) is 5.29. The molecular weight excluding hydrogens is 518 g/mol. The van der Waals surface area contributed by atoms with Crippen molar-refractivity contribution in [2.24, 2.45) is 5.92 Å². The molecule has 0 fully saturated rings. The second-order valence-corrected chi connectivity index (χ2v) is 10.2. The Hall–Kier alpha value is -4.60. The minimum atomic E-state index is -1.79. The molecule has 2 amide bonds. The van der Waals surface area contributed by atoms with Crippen LogP contribution in [0.5, 0.6) is 0 Å². The van der Waals surface area contributed by atoms with Gasteiger partial charge in [0.25, 0.3) is 5.91 Å². The Kier molecular flexibility index (Phi) is 8.09. The van der Waals surface area contributed by atoms with E-state index in [0.717, 1.165) is 12.0 Å². The number of amides is 2. The Labute approximate surface area is 239 Å². The average molecular weight is 552 g/mol. The van der Waals surface area contributed by atoms with E-state index in [1.54, 1.807) is 36.9 Å². The zero-order valence-electron chi connectivity index (χ0n) is 23.0. The van der Waals surface area contributed by atoms with Gasteiger partial charge in [0.2, 0.25) is 6.41 Å². The topological polar surface area (TPSA) is 112 Å². The minimum Gasteiger partial charge on any atom is -0.395 e. The van der Waals surface area contributed by atoms with Gasteiger partial charge >= 0.3 is 0 Å². The molecular formula is C32H33N5O4. The molecule has 1 unspecified atom stereocenters. The smallest absolute Gasteiger partial charge is 0.264 e. The SMILES string of the molecule is C[C@@H](/C=C/CCn1cc(C(CO)c2ccccc2)nn1)[C@]1(O)C(=O)N(C)c2ccc(N(C=O)c3ccccc3)cc21. The molecule has 1 aliphatic rings. The molecule has 41 heavy (non-hydrogen) atoms. The van der Waals surface area contributed by atoms with Gasteiger partial charge < -0.3 is 15.1 Å². The highest BCUT2D eigenvalue weighted by Crippen LogP contribution is 2.46. The van der Waals surface area contributed by atoms with Crippen LogP contribution in [0.25, 0.3) is 0 Å². The summed E-state index contributed by atoms with van der Waals surface area (Å²) in [7, 11) is 1.64. The van der Waals surface area contributed by atoms with E-state index in [1.165, 1.54) is 9.80 Å². The normalized spacial score (nSPS) is 18.0. The van der Waals surface area contributed by atoms with Crippen molar-refractivity contribution in [3.05, 3.63) is 114 Å². The van der Waals surface area contributed by atoms with E-state index in [4.69, 9.17) is 0 Å². The molecule has 0 spiro atoms. The standard InChI is InChI=1S/C32H33N5O4/c1-23(11-9-10-18-36-20-29(33-34-36)27(21-38)24-12-5-3-6-13-24)32(41)28-19-26(16-17-30(28)35(2)31(32)40)37(22-39)25-14-7-4-8-15-25/h3-9,11-17,19-20,22-23,27,38,41H,10,18,21H2,1-2H3/b11-9+/t23-,27?,32+/m0/s1. The molecule has 4 aromatic rings. The van der Waals surface area contributed by atoms with Crippen molar-refractivity contribution in [3.63, 3.8) is 0 Å². The number of fused-ring (bicyclic) bond motifs is 1. The molecule has 5 rings (SSSR count). The molecule has 0 saturated heterocycles. The number of rotatable bonds is 11. The summed E-state index contributed by atoms with van der Waals surface area (Å²) in [6, 6.07) is 24.1. The maximum atomic E-state index is 13.3. The second kappa shape index (κ2) is 11.9. The lowest BCUT2D eigenvalue weighted by molar-refractivity contribution is -0.139. The van der Waals surface area contributed by atoms with Crippen LogP contribution < -0.4 is 9.80 Å². The highest BCUT2D eigenvalue weighted by atomic mass is 16.3. The quantitative estimate of drug-likeness (QED) is 0.214. The Balaban J connectivity index is 1.31. The van der Waals surface area contributed by atoms with Crippen LogP contribution in [-0.4, -0.2) is 51.2 Å². The predicted molar refractivity (Wildman–Crippen MR) is 157 cm³/mol. The van der Waals surface area contributed by atoms with Crippen molar-refractivity contribution in [2.75, 3.05) is 23.5 Å². The lowest BCUT2D eigenvalue weighted by Gasteiger charge is -2.27. The molecule has 1 aromatic heterocycles. The van der Waals surface area contributed by atoms with Gasteiger partial charge in [0.1, 0.15) is 0 Å². The summed E-state index contributed by atoms with van der Waals surface area (Å²) in [6.45, 7) is 2.28. The van der Waals surface area contributed by atoms with E-state index in [1.807, 2.05) is 79.0 Å². The van der Waals surface area contributed by atoms with Crippen molar-refractivity contribution >= 4 is 29.4 Å². The van der Waals surface area contributed by atoms with Crippen molar-refractivity contribution in [2.45, 2.75) is 31.4 Å².